The van der Waals surface area contributed by atoms with Crippen LogP contribution in [-0.4, -0.2) is 152 Å². The number of anilines is 3. The Bertz CT molecular complexity index is 1880. The fourth-order valence-corrected chi connectivity index (χ4v) is 8.27. The molecule has 0 amide bonds. The first-order valence-corrected chi connectivity index (χ1v) is 20.6. The van der Waals surface area contributed by atoms with Crippen molar-refractivity contribution < 1.29 is 85.6 Å². The van der Waals surface area contributed by atoms with Crippen molar-refractivity contribution in [3.05, 3.63) is 89.5 Å². The van der Waals surface area contributed by atoms with E-state index in [-0.39, 0.29) is 84.8 Å². The Labute approximate surface area is 364 Å². The van der Waals surface area contributed by atoms with Crippen molar-refractivity contribution in [2.45, 2.75) is 42.5 Å². The second-order valence-corrected chi connectivity index (χ2v) is 15.7. The van der Waals surface area contributed by atoms with E-state index in [2.05, 4.69) is 0 Å². The van der Waals surface area contributed by atoms with Crippen molar-refractivity contribution in [2.75, 3.05) is 93.6 Å². The SMILES string of the molecule is O=C1OCC(CN(CC2COC(=O)O2)c2ccc(C(c3ccc(N(CC4COC(=O)O4)CC4COC(=O)O4)cc3)c3ccc(N(CC4COC(=O)O4)CC4COC(=O)O4)cc3)cc2)O1. The topological polar surface area (TPSA) is 223 Å². The third kappa shape index (κ3) is 10.1. The number of ether oxygens (including phenoxy) is 12. The Kier molecular flexibility index (Phi) is 12.2. The highest BCUT2D eigenvalue weighted by atomic mass is 16.8. The summed E-state index contributed by atoms with van der Waals surface area (Å²) < 4.78 is 62.2. The average Bonchev–Trinajstić information content (AvgIpc) is 4.18. The van der Waals surface area contributed by atoms with Gasteiger partial charge in [-0.1, -0.05) is 36.4 Å². The summed E-state index contributed by atoms with van der Waals surface area (Å²) >= 11 is 0. The van der Waals surface area contributed by atoms with E-state index in [4.69, 9.17) is 56.8 Å². The Morgan fingerprint density at radius 2 is 0.516 bits per heavy atom. The van der Waals surface area contributed by atoms with Crippen LogP contribution in [0.15, 0.2) is 72.8 Å². The number of rotatable bonds is 18. The molecule has 3 aromatic rings. The quantitative estimate of drug-likeness (QED) is 0.0974. The first-order valence-electron chi connectivity index (χ1n) is 20.6. The highest BCUT2D eigenvalue weighted by Gasteiger charge is 2.35. The molecule has 0 bridgehead atoms. The second kappa shape index (κ2) is 18.6. The Hall–Kier alpha value is -7.32. The minimum Gasteiger partial charge on any atom is -0.430 e. The monoisotopic (exact) mass is 889 g/mol. The maximum Gasteiger partial charge on any atom is 0.508 e. The molecule has 6 heterocycles. The van der Waals surface area contributed by atoms with Gasteiger partial charge < -0.3 is 71.5 Å². The minimum absolute atomic E-state index is 0.0790. The van der Waals surface area contributed by atoms with E-state index in [0.717, 1.165) is 33.8 Å². The van der Waals surface area contributed by atoms with Gasteiger partial charge in [0.2, 0.25) is 0 Å². The molecule has 3 aromatic carbocycles. The molecular weight excluding hydrogens is 846 g/mol. The number of benzene rings is 3. The fourth-order valence-electron chi connectivity index (χ4n) is 8.27. The van der Waals surface area contributed by atoms with Crippen LogP contribution in [0.3, 0.4) is 0 Å². The molecule has 0 N–H and O–H groups in total. The third-order valence-electron chi connectivity index (χ3n) is 11.2. The fraction of sp³-hybridized carbons (Fsp3) is 0.442. The first kappa shape index (κ1) is 42.0. The van der Waals surface area contributed by atoms with Gasteiger partial charge in [-0.05, 0) is 53.1 Å². The number of cyclic esters (lactones) is 12. The molecule has 6 fully saturated rings. The van der Waals surface area contributed by atoms with E-state index in [1.54, 1.807) is 0 Å². The second-order valence-electron chi connectivity index (χ2n) is 15.7. The lowest BCUT2D eigenvalue weighted by atomic mass is 9.84. The summed E-state index contributed by atoms with van der Waals surface area (Å²) in [5.41, 5.74) is 5.06. The predicted molar refractivity (Wildman–Crippen MR) is 214 cm³/mol. The molecule has 9 rings (SSSR count). The van der Waals surface area contributed by atoms with Crippen LogP contribution in [0.25, 0.3) is 0 Å². The predicted octanol–water partition coefficient (Wildman–Crippen LogP) is 4.50. The molecule has 21 nitrogen and oxygen atoms in total. The summed E-state index contributed by atoms with van der Waals surface area (Å²) in [4.78, 5) is 76.5. The minimum atomic E-state index is -0.749. The van der Waals surface area contributed by atoms with Gasteiger partial charge in [-0.15, -0.1) is 0 Å². The van der Waals surface area contributed by atoms with Crippen LogP contribution in [0, 0.1) is 0 Å². The summed E-state index contributed by atoms with van der Waals surface area (Å²) in [6.45, 7) is 2.11. The zero-order valence-electron chi connectivity index (χ0n) is 34.1. The molecule has 0 aliphatic carbocycles. The van der Waals surface area contributed by atoms with Crippen molar-refractivity contribution in [3.8, 4) is 0 Å². The van der Waals surface area contributed by atoms with Gasteiger partial charge in [0.05, 0.1) is 39.3 Å². The molecule has 0 saturated carbocycles. The van der Waals surface area contributed by atoms with E-state index < -0.39 is 73.6 Å². The largest absolute Gasteiger partial charge is 0.508 e. The van der Waals surface area contributed by atoms with Crippen LogP contribution in [0.1, 0.15) is 22.6 Å². The van der Waals surface area contributed by atoms with Gasteiger partial charge in [0.15, 0.2) is 36.6 Å². The third-order valence-corrected chi connectivity index (χ3v) is 11.2. The summed E-state index contributed by atoms with van der Waals surface area (Å²) in [7, 11) is 0. The summed E-state index contributed by atoms with van der Waals surface area (Å²) in [5.74, 6) is -0.331. The maximum atomic E-state index is 11.8. The van der Waals surface area contributed by atoms with Gasteiger partial charge in [-0.25, -0.2) is 28.8 Å². The van der Waals surface area contributed by atoms with Gasteiger partial charge in [0.25, 0.3) is 0 Å². The van der Waals surface area contributed by atoms with Crippen LogP contribution in [0.4, 0.5) is 45.8 Å². The highest BCUT2D eigenvalue weighted by molar-refractivity contribution is 5.65. The van der Waals surface area contributed by atoms with E-state index in [9.17, 15) is 28.8 Å². The molecule has 6 atom stereocenters. The van der Waals surface area contributed by atoms with Crippen molar-refractivity contribution in [3.63, 3.8) is 0 Å². The number of hydrogen-bond donors (Lipinski definition) is 0. The molecule has 64 heavy (non-hydrogen) atoms. The standard InChI is InChI=1S/C43H43N3O18/c47-38-53-19-31(59-38)13-44(14-32-20-54-39(48)60-32)28-7-1-25(2-8-28)37(26-3-9-29(10-4-26)45(15-33-21-55-40(49)61-33)16-34-22-56-41(50)62-34)27-5-11-30(12-6-27)46(17-35-23-57-42(51)63-35)18-36-24-58-43(52)64-36/h1-12,31-37H,13-24H2. The Morgan fingerprint density at radius 1 is 0.328 bits per heavy atom. The van der Waals surface area contributed by atoms with Crippen LogP contribution >= 0.6 is 0 Å². The van der Waals surface area contributed by atoms with Gasteiger partial charge in [0, 0.05) is 23.0 Å². The van der Waals surface area contributed by atoms with Crippen LogP contribution in [0.5, 0.6) is 0 Å². The lowest BCUT2D eigenvalue weighted by Gasteiger charge is -2.30. The van der Waals surface area contributed by atoms with Crippen molar-refractivity contribution in [1.82, 2.24) is 0 Å². The first-order chi connectivity index (χ1) is 31.1. The molecule has 338 valence electrons. The van der Waals surface area contributed by atoms with Crippen LogP contribution in [-0.2, 0) is 56.8 Å². The number of carbonyl (C=O) groups excluding carboxylic acids is 6. The molecule has 21 heteroatoms. The Balaban J connectivity index is 1.02. The van der Waals surface area contributed by atoms with Gasteiger partial charge in [0.1, 0.15) is 39.6 Å². The zero-order valence-corrected chi connectivity index (χ0v) is 34.1. The van der Waals surface area contributed by atoms with Crippen LogP contribution in [0.2, 0.25) is 0 Å². The molecule has 0 radical (unpaired) electrons. The Morgan fingerprint density at radius 3 is 0.672 bits per heavy atom. The summed E-state index contributed by atoms with van der Waals surface area (Å²) in [5, 5.41) is 0. The molecule has 0 aromatic heterocycles. The number of nitrogens with zero attached hydrogens (tertiary/aromatic N) is 3. The smallest absolute Gasteiger partial charge is 0.430 e. The van der Waals surface area contributed by atoms with Crippen molar-refractivity contribution >= 4 is 54.0 Å². The normalized spacial score (nSPS) is 24.9. The van der Waals surface area contributed by atoms with E-state index >= 15 is 0 Å². The lowest BCUT2D eigenvalue weighted by molar-refractivity contribution is 0.113. The van der Waals surface area contributed by atoms with Gasteiger partial charge in [-0.3, -0.25) is 0 Å². The molecule has 6 unspecified atom stereocenters. The van der Waals surface area contributed by atoms with E-state index in [0.29, 0.717) is 0 Å². The molecule has 0 spiro atoms. The van der Waals surface area contributed by atoms with Crippen molar-refractivity contribution in [2.24, 2.45) is 0 Å². The molecular formula is C43H43N3O18. The summed E-state index contributed by atoms with van der Waals surface area (Å²) in [6.07, 6.45) is -7.76. The molecule has 6 saturated heterocycles. The van der Waals surface area contributed by atoms with Crippen LogP contribution < -0.4 is 14.7 Å². The van der Waals surface area contributed by atoms with E-state index in [1.165, 1.54) is 0 Å². The van der Waals surface area contributed by atoms with Gasteiger partial charge >= 0.3 is 36.9 Å². The number of carbonyl (C=O) groups is 6. The molecule has 6 aliphatic rings. The average molecular weight is 890 g/mol. The summed E-state index contributed by atoms with van der Waals surface area (Å²) in [6, 6.07) is 23.6. The maximum absolute atomic E-state index is 11.8. The zero-order chi connectivity index (χ0) is 44.2. The number of hydrogen-bond acceptors (Lipinski definition) is 21. The van der Waals surface area contributed by atoms with E-state index in [1.807, 2.05) is 87.5 Å². The molecule has 6 aliphatic heterocycles. The van der Waals surface area contributed by atoms with Gasteiger partial charge in [-0.2, -0.15) is 0 Å². The lowest BCUT2D eigenvalue weighted by Crippen LogP contribution is -2.40. The van der Waals surface area contributed by atoms with Crippen molar-refractivity contribution in [1.29, 1.82) is 0 Å². The highest BCUT2D eigenvalue weighted by Crippen LogP contribution is 2.36.